The van der Waals surface area contributed by atoms with Crippen LogP contribution in [-0.4, -0.2) is 45.9 Å². The van der Waals surface area contributed by atoms with Crippen molar-refractivity contribution >= 4 is 5.91 Å². The SMILES string of the molecule is Cc1cnc(C(=O)N2CC(C)NC(C)C2)cn1. The Hall–Kier alpha value is -1.49. The van der Waals surface area contributed by atoms with E-state index >= 15 is 0 Å². The van der Waals surface area contributed by atoms with Gasteiger partial charge in [0.05, 0.1) is 11.9 Å². The molecule has 1 N–H and O–H groups in total. The van der Waals surface area contributed by atoms with E-state index in [2.05, 4.69) is 29.1 Å². The van der Waals surface area contributed by atoms with Crippen molar-refractivity contribution in [1.29, 1.82) is 0 Å². The molecule has 2 atom stereocenters. The Bertz CT molecular complexity index is 393. The molecule has 0 radical (unpaired) electrons. The van der Waals surface area contributed by atoms with Gasteiger partial charge in [0.2, 0.25) is 0 Å². The fraction of sp³-hybridized carbons (Fsp3) is 0.583. The van der Waals surface area contributed by atoms with Gasteiger partial charge >= 0.3 is 0 Å². The molecule has 1 aromatic heterocycles. The van der Waals surface area contributed by atoms with Gasteiger partial charge in [0, 0.05) is 31.4 Å². The maximum atomic E-state index is 12.2. The molecule has 0 saturated carbocycles. The number of amides is 1. The minimum absolute atomic E-state index is 0.0299. The summed E-state index contributed by atoms with van der Waals surface area (Å²) in [6.07, 6.45) is 3.18. The zero-order valence-corrected chi connectivity index (χ0v) is 10.5. The summed E-state index contributed by atoms with van der Waals surface area (Å²) in [6, 6.07) is 0.641. The maximum absolute atomic E-state index is 12.2. The highest BCUT2D eigenvalue weighted by Gasteiger charge is 2.26. The Morgan fingerprint density at radius 3 is 2.47 bits per heavy atom. The van der Waals surface area contributed by atoms with E-state index in [-0.39, 0.29) is 5.91 Å². The van der Waals surface area contributed by atoms with Gasteiger partial charge in [-0.15, -0.1) is 0 Å². The molecule has 1 aliphatic heterocycles. The van der Waals surface area contributed by atoms with E-state index in [4.69, 9.17) is 0 Å². The second-order valence-corrected chi connectivity index (χ2v) is 4.72. The van der Waals surface area contributed by atoms with Crippen LogP contribution >= 0.6 is 0 Å². The molecule has 5 nitrogen and oxygen atoms in total. The minimum Gasteiger partial charge on any atom is -0.334 e. The third kappa shape index (κ3) is 2.79. The summed E-state index contributed by atoms with van der Waals surface area (Å²) in [7, 11) is 0. The lowest BCUT2D eigenvalue weighted by molar-refractivity contribution is 0.0667. The molecule has 1 saturated heterocycles. The normalized spacial score (nSPS) is 24.8. The van der Waals surface area contributed by atoms with Crippen LogP contribution in [0.15, 0.2) is 12.4 Å². The predicted molar refractivity (Wildman–Crippen MR) is 64.7 cm³/mol. The number of nitrogens with zero attached hydrogens (tertiary/aromatic N) is 3. The molecule has 5 heteroatoms. The van der Waals surface area contributed by atoms with Crippen molar-refractivity contribution < 1.29 is 4.79 Å². The molecular formula is C12H18N4O. The van der Waals surface area contributed by atoms with Crippen molar-refractivity contribution in [2.45, 2.75) is 32.9 Å². The number of hydrogen-bond donors (Lipinski definition) is 1. The Labute approximate surface area is 101 Å². The number of nitrogens with one attached hydrogen (secondary N) is 1. The quantitative estimate of drug-likeness (QED) is 0.773. The van der Waals surface area contributed by atoms with Crippen molar-refractivity contribution in [2.75, 3.05) is 13.1 Å². The lowest BCUT2D eigenvalue weighted by Crippen LogP contribution is -2.55. The number of rotatable bonds is 1. The highest BCUT2D eigenvalue weighted by molar-refractivity contribution is 5.92. The summed E-state index contributed by atoms with van der Waals surface area (Å²) in [4.78, 5) is 22.3. The molecule has 92 valence electrons. The van der Waals surface area contributed by atoms with Crippen LogP contribution in [0, 0.1) is 6.92 Å². The summed E-state index contributed by atoms with van der Waals surface area (Å²) in [6.45, 7) is 7.46. The van der Waals surface area contributed by atoms with Gasteiger partial charge in [-0.3, -0.25) is 9.78 Å². The van der Waals surface area contributed by atoms with E-state index in [1.807, 2.05) is 11.8 Å². The van der Waals surface area contributed by atoms with Crippen molar-refractivity contribution in [3.8, 4) is 0 Å². The zero-order valence-electron chi connectivity index (χ0n) is 10.5. The molecule has 0 aliphatic carbocycles. The van der Waals surface area contributed by atoms with Gasteiger partial charge in [-0.25, -0.2) is 4.98 Å². The van der Waals surface area contributed by atoms with Crippen molar-refractivity contribution in [3.05, 3.63) is 23.8 Å². The van der Waals surface area contributed by atoms with Gasteiger partial charge < -0.3 is 10.2 Å². The van der Waals surface area contributed by atoms with Crippen LogP contribution in [0.2, 0.25) is 0 Å². The fourth-order valence-corrected chi connectivity index (χ4v) is 2.16. The van der Waals surface area contributed by atoms with E-state index in [1.54, 1.807) is 12.4 Å². The van der Waals surface area contributed by atoms with Gasteiger partial charge in [-0.1, -0.05) is 0 Å². The largest absolute Gasteiger partial charge is 0.334 e. The molecule has 2 heterocycles. The molecule has 0 bridgehead atoms. The Kier molecular flexibility index (Phi) is 3.38. The zero-order chi connectivity index (χ0) is 12.4. The van der Waals surface area contributed by atoms with Crippen LogP contribution in [0.5, 0.6) is 0 Å². The summed E-state index contributed by atoms with van der Waals surface area (Å²) in [5, 5.41) is 3.39. The molecule has 2 rings (SSSR count). The van der Waals surface area contributed by atoms with E-state index < -0.39 is 0 Å². The first-order valence-electron chi connectivity index (χ1n) is 5.90. The number of carbonyl (C=O) groups excluding carboxylic acids is 1. The van der Waals surface area contributed by atoms with Crippen molar-refractivity contribution in [3.63, 3.8) is 0 Å². The fourth-order valence-electron chi connectivity index (χ4n) is 2.16. The lowest BCUT2D eigenvalue weighted by atomic mass is 10.1. The second-order valence-electron chi connectivity index (χ2n) is 4.72. The van der Waals surface area contributed by atoms with Gasteiger partial charge in [0.15, 0.2) is 0 Å². The standard InChI is InChI=1S/C12H18N4O/c1-8-4-14-11(5-13-8)12(17)16-6-9(2)15-10(3)7-16/h4-5,9-10,15H,6-7H2,1-3H3. The number of aryl methyl sites for hydroxylation is 1. The summed E-state index contributed by atoms with van der Waals surface area (Å²) in [5.41, 5.74) is 1.25. The Morgan fingerprint density at radius 2 is 1.94 bits per heavy atom. The van der Waals surface area contributed by atoms with Crippen LogP contribution in [0.1, 0.15) is 30.0 Å². The van der Waals surface area contributed by atoms with Crippen LogP contribution in [-0.2, 0) is 0 Å². The van der Waals surface area contributed by atoms with E-state index in [9.17, 15) is 4.79 Å². The number of aromatic nitrogens is 2. The van der Waals surface area contributed by atoms with Gasteiger partial charge in [-0.2, -0.15) is 0 Å². The van der Waals surface area contributed by atoms with Crippen LogP contribution in [0.3, 0.4) is 0 Å². The lowest BCUT2D eigenvalue weighted by Gasteiger charge is -2.35. The summed E-state index contributed by atoms with van der Waals surface area (Å²) in [5.74, 6) is -0.0299. The first kappa shape index (κ1) is 12.0. The molecule has 2 unspecified atom stereocenters. The highest BCUT2D eigenvalue weighted by atomic mass is 16.2. The monoisotopic (exact) mass is 234 g/mol. The topological polar surface area (TPSA) is 58.1 Å². The average Bonchev–Trinajstić information content (AvgIpc) is 2.28. The van der Waals surface area contributed by atoms with Gasteiger partial charge in [-0.05, 0) is 20.8 Å². The second kappa shape index (κ2) is 4.79. The molecule has 1 aliphatic rings. The average molecular weight is 234 g/mol. The van der Waals surface area contributed by atoms with Gasteiger partial charge in [0.1, 0.15) is 5.69 Å². The molecule has 1 fully saturated rings. The van der Waals surface area contributed by atoms with E-state index in [0.717, 1.165) is 18.8 Å². The number of carbonyl (C=O) groups is 1. The summed E-state index contributed by atoms with van der Waals surface area (Å²) >= 11 is 0. The third-order valence-electron chi connectivity index (χ3n) is 2.84. The molecule has 17 heavy (non-hydrogen) atoms. The smallest absolute Gasteiger partial charge is 0.274 e. The number of hydrogen-bond acceptors (Lipinski definition) is 4. The van der Waals surface area contributed by atoms with Crippen LogP contribution < -0.4 is 5.32 Å². The highest BCUT2D eigenvalue weighted by Crippen LogP contribution is 2.08. The Morgan fingerprint density at radius 1 is 1.29 bits per heavy atom. The van der Waals surface area contributed by atoms with Crippen molar-refractivity contribution in [2.24, 2.45) is 0 Å². The number of piperazine rings is 1. The van der Waals surface area contributed by atoms with E-state index in [1.165, 1.54) is 0 Å². The molecule has 0 spiro atoms. The predicted octanol–water partition coefficient (Wildman–Crippen LogP) is 0.607. The third-order valence-corrected chi connectivity index (χ3v) is 2.84. The first-order valence-corrected chi connectivity index (χ1v) is 5.90. The molecule has 0 aromatic carbocycles. The Balaban J connectivity index is 2.11. The first-order chi connectivity index (χ1) is 8.06. The minimum atomic E-state index is -0.0299. The van der Waals surface area contributed by atoms with Crippen molar-refractivity contribution in [1.82, 2.24) is 20.2 Å². The van der Waals surface area contributed by atoms with E-state index in [0.29, 0.717) is 17.8 Å². The van der Waals surface area contributed by atoms with Gasteiger partial charge in [0.25, 0.3) is 5.91 Å². The van der Waals surface area contributed by atoms with Crippen LogP contribution in [0.25, 0.3) is 0 Å². The maximum Gasteiger partial charge on any atom is 0.274 e. The molecule has 1 aromatic rings. The molecule has 1 amide bonds. The van der Waals surface area contributed by atoms with Crippen LogP contribution in [0.4, 0.5) is 0 Å². The molecular weight excluding hydrogens is 216 g/mol. The summed E-state index contributed by atoms with van der Waals surface area (Å²) < 4.78 is 0.